The smallest absolute Gasteiger partial charge is 0.223 e. The summed E-state index contributed by atoms with van der Waals surface area (Å²) >= 11 is 0. The summed E-state index contributed by atoms with van der Waals surface area (Å²) in [4.78, 5) is 13.4. The van der Waals surface area contributed by atoms with Crippen LogP contribution in [-0.4, -0.2) is 21.1 Å². The van der Waals surface area contributed by atoms with Crippen molar-refractivity contribution in [3.8, 4) is 5.75 Å². The van der Waals surface area contributed by atoms with Crippen molar-refractivity contribution in [1.82, 2.24) is 9.47 Å². The van der Waals surface area contributed by atoms with Crippen LogP contribution in [0.1, 0.15) is 23.2 Å². The van der Waals surface area contributed by atoms with Crippen LogP contribution in [0.2, 0.25) is 0 Å². The fourth-order valence-corrected chi connectivity index (χ4v) is 3.63. The number of nitrogens with zero attached hydrogens (tertiary/aromatic N) is 2. The third kappa shape index (κ3) is 1.89. The molecular weight excluding hydrogens is 283 g/mol. The summed E-state index contributed by atoms with van der Waals surface area (Å²) in [5.41, 5.74) is 2.16. The van der Waals surface area contributed by atoms with Crippen LogP contribution < -0.4 is 5.43 Å². The number of aromatic nitrogens is 1. The van der Waals surface area contributed by atoms with Crippen LogP contribution in [0, 0.1) is 0 Å². The molecule has 0 spiro atoms. The first kappa shape index (κ1) is 13.5. The van der Waals surface area contributed by atoms with Gasteiger partial charge in [-0.05, 0) is 12.0 Å². The summed E-state index contributed by atoms with van der Waals surface area (Å²) < 4.78 is 17.5. The zero-order chi connectivity index (χ0) is 15.3. The molecule has 4 nitrogen and oxygen atoms in total. The molecule has 0 radical (unpaired) electrons. The maximum atomic E-state index is 15.7. The molecule has 1 aliphatic carbocycles. The van der Waals surface area contributed by atoms with E-state index in [1.165, 1.54) is 12.3 Å². The van der Waals surface area contributed by atoms with Gasteiger partial charge in [0.25, 0.3) is 0 Å². The Bertz CT molecular complexity index is 801. The molecule has 2 aromatic rings. The van der Waals surface area contributed by atoms with E-state index < -0.39 is 11.2 Å². The molecule has 0 saturated carbocycles. The second-order valence-corrected chi connectivity index (χ2v) is 6.05. The second-order valence-electron chi connectivity index (χ2n) is 6.05. The van der Waals surface area contributed by atoms with E-state index in [9.17, 15) is 9.90 Å². The molecule has 0 fully saturated rings. The number of hydrogen-bond acceptors (Lipinski definition) is 3. The zero-order valence-corrected chi connectivity index (χ0v) is 12.1. The Hall–Kier alpha value is -2.14. The van der Waals surface area contributed by atoms with Crippen molar-refractivity contribution in [3.05, 3.63) is 63.6 Å². The zero-order valence-electron chi connectivity index (χ0n) is 12.1. The normalized spacial score (nSPS) is 24.0. The Labute approximate surface area is 127 Å². The predicted molar refractivity (Wildman–Crippen MR) is 80.3 cm³/mol. The van der Waals surface area contributed by atoms with Crippen molar-refractivity contribution in [2.24, 2.45) is 0 Å². The lowest BCUT2D eigenvalue weighted by Crippen LogP contribution is -2.46. The van der Waals surface area contributed by atoms with Crippen LogP contribution in [-0.2, 0) is 25.3 Å². The van der Waals surface area contributed by atoms with Crippen LogP contribution >= 0.6 is 0 Å². The van der Waals surface area contributed by atoms with Crippen molar-refractivity contribution in [2.75, 3.05) is 6.54 Å². The molecule has 5 heteroatoms. The minimum Gasteiger partial charge on any atom is -0.503 e. The number of hydrogen-bond donors (Lipinski definition) is 1. The average molecular weight is 300 g/mol. The third-order valence-electron chi connectivity index (χ3n) is 4.82. The van der Waals surface area contributed by atoms with Crippen molar-refractivity contribution < 1.29 is 9.50 Å². The summed E-state index contributed by atoms with van der Waals surface area (Å²) in [7, 11) is 0. The second kappa shape index (κ2) is 4.68. The van der Waals surface area contributed by atoms with Crippen LogP contribution in [0.3, 0.4) is 0 Å². The van der Waals surface area contributed by atoms with Gasteiger partial charge >= 0.3 is 0 Å². The van der Waals surface area contributed by atoms with E-state index in [0.29, 0.717) is 26.1 Å². The molecule has 1 aromatic carbocycles. The first-order valence-corrected chi connectivity index (χ1v) is 7.52. The van der Waals surface area contributed by atoms with Gasteiger partial charge in [0, 0.05) is 43.4 Å². The van der Waals surface area contributed by atoms with Crippen LogP contribution in [0.4, 0.5) is 4.39 Å². The fraction of sp³-hybridized carbons (Fsp3) is 0.353. The lowest BCUT2D eigenvalue weighted by atomic mass is 10.0. The highest BCUT2D eigenvalue weighted by Gasteiger charge is 2.44. The number of benzene rings is 1. The molecule has 22 heavy (non-hydrogen) atoms. The molecule has 4 rings (SSSR count). The Kier molecular flexibility index (Phi) is 2.87. The van der Waals surface area contributed by atoms with Gasteiger partial charge in [0.2, 0.25) is 5.43 Å². The van der Waals surface area contributed by atoms with Crippen LogP contribution in [0.15, 0.2) is 41.3 Å². The van der Waals surface area contributed by atoms with Gasteiger partial charge in [-0.3, -0.25) is 9.69 Å². The highest BCUT2D eigenvalue weighted by Crippen LogP contribution is 2.44. The molecule has 0 amide bonds. The van der Waals surface area contributed by atoms with Crippen LogP contribution in [0.5, 0.6) is 5.75 Å². The fourth-order valence-electron chi connectivity index (χ4n) is 3.63. The van der Waals surface area contributed by atoms with Gasteiger partial charge in [0.15, 0.2) is 11.5 Å². The molecule has 1 aromatic heterocycles. The van der Waals surface area contributed by atoms with E-state index in [1.54, 1.807) is 0 Å². The van der Waals surface area contributed by atoms with Crippen molar-refractivity contribution in [1.29, 1.82) is 0 Å². The molecule has 1 atom stereocenters. The molecule has 2 heterocycles. The van der Waals surface area contributed by atoms with Gasteiger partial charge in [-0.2, -0.15) is 0 Å². The quantitative estimate of drug-likeness (QED) is 0.821. The Morgan fingerprint density at radius 1 is 1.23 bits per heavy atom. The number of halogens is 1. The number of fused-ring (bicyclic) bond motifs is 2. The predicted octanol–water partition coefficient (Wildman–Crippen LogP) is 2.14. The largest absolute Gasteiger partial charge is 0.503 e. The van der Waals surface area contributed by atoms with Gasteiger partial charge in [-0.15, -0.1) is 0 Å². The van der Waals surface area contributed by atoms with Gasteiger partial charge in [0.1, 0.15) is 0 Å². The summed E-state index contributed by atoms with van der Waals surface area (Å²) in [6.45, 7) is 1.50. The van der Waals surface area contributed by atoms with Gasteiger partial charge in [-0.25, -0.2) is 4.39 Å². The van der Waals surface area contributed by atoms with Gasteiger partial charge in [-0.1, -0.05) is 24.3 Å². The van der Waals surface area contributed by atoms with Crippen molar-refractivity contribution >= 4 is 0 Å². The topological polar surface area (TPSA) is 45.5 Å². The molecular formula is C17H17FN2O2. The highest BCUT2D eigenvalue weighted by atomic mass is 19.1. The molecule has 114 valence electrons. The van der Waals surface area contributed by atoms with Gasteiger partial charge in [0.05, 0.1) is 6.20 Å². The third-order valence-corrected chi connectivity index (χ3v) is 4.82. The summed E-state index contributed by atoms with van der Waals surface area (Å²) in [5.74, 6) is -1.71. The number of rotatable bonds is 1. The molecule has 1 unspecified atom stereocenters. The minimum absolute atomic E-state index is 0.252. The molecule has 0 bridgehead atoms. The van der Waals surface area contributed by atoms with Crippen LogP contribution in [0.25, 0.3) is 0 Å². The number of aryl methyl sites for hydroxylation is 1. The van der Waals surface area contributed by atoms with E-state index in [4.69, 9.17) is 0 Å². The van der Waals surface area contributed by atoms with Crippen molar-refractivity contribution in [3.63, 3.8) is 0 Å². The van der Waals surface area contributed by atoms with E-state index in [-0.39, 0.29) is 5.75 Å². The first-order chi connectivity index (χ1) is 10.6. The number of pyridine rings is 1. The lowest BCUT2D eigenvalue weighted by molar-refractivity contribution is -0.0566. The maximum Gasteiger partial charge on any atom is 0.223 e. The highest BCUT2D eigenvalue weighted by molar-refractivity contribution is 5.37. The van der Waals surface area contributed by atoms with Gasteiger partial charge < -0.3 is 9.67 Å². The maximum absolute atomic E-state index is 15.7. The van der Waals surface area contributed by atoms with E-state index in [1.807, 2.05) is 33.7 Å². The average Bonchev–Trinajstić information content (AvgIpc) is 2.87. The summed E-state index contributed by atoms with van der Waals surface area (Å²) in [6.07, 6.45) is 2.64. The van der Waals surface area contributed by atoms with E-state index >= 15 is 4.39 Å². The molecule has 0 saturated heterocycles. The first-order valence-electron chi connectivity index (χ1n) is 7.52. The molecule has 1 N–H and O–H groups in total. The number of alkyl halides is 1. The molecule has 1 aliphatic heterocycles. The Morgan fingerprint density at radius 3 is 2.91 bits per heavy atom. The Morgan fingerprint density at radius 2 is 2.05 bits per heavy atom. The Balaban J connectivity index is 1.71. The minimum atomic E-state index is -1.46. The number of aromatic hydroxyl groups is 1. The molecule has 2 aliphatic rings. The van der Waals surface area contributed by atoms with Crippen molar-refractivity contribution in [2.45, 2.75) is 31.7 Å². The lowest BCUT2D eigenvalue weighted by Gasteiger charge is -2.39. The summed E-state index contributed by atoms with van der Waals surface area (Å²) in [6, 6.07) is 9.07. The monoisotopic (exact) mass is 300 g/mol. The van der Waals surface area contributed by atoms with E-state index in [2.05, 4.69) is 0 Å². The standard InChI is InChI=1S/C17H17FN2O2/c18-17(6-5-12-3-1-2-4-14(12)17)20-8-7-19-11-16(22)15(21)9-13(19)10-20/h1-4,9,11,22H,5-8,10H2. The SMILES string of the molecule is O=c1cc2n(cc1O)CCN(C1(F)CCc3ccccc31)C2. The summed E-state index contributed by atoms with van der Waals surface area (Å²) in [5, 5.41) is 9.51. The van der Waals surface area contributed by atoms with E-state index in [0.717, 1.165) is 23.2 Å².